The van der Waals surface area contributed by atoms with Gasteiger partial charge in [0.2, 0.25) is 0 Å². The summed E-state index contributed by atoms with van der Waals surface area (Å²) in [5, 5.41) is 10.4. The van der Waals surface area contributed by atoms with E-state index in [1.165, 1.54) is 6.07 Å². The van der Waals surface area contributed by atoms with E-state index in [1.807, 2.05) is 0 Å². The molecule has 15 heavy (non-hydrogen) atoms. The average molecular weight is 302 g/mol. The summed E-state index contributed by atoms with van der Waals surface area (Å²) in [5.74, 6) is -0.384. The average Bonchev–Trinajstić information content (AvgIpc) is 2.05. The van der Waals surface area contributed by atoms with E-state index >= 15 is 0 Å². The van der Waals surface area contributed by atoms with Crippen molar-refractivity contribution in [3.05, 3.63) is 32.8 Å². The van der Waals surface area contributed by atoms with Gasteiger partial charge in [-0.2, -0.15) is 0 Å². The highest BCUT2D eigenvalue weighted by Gasteiger charge is 2.28. The van der Waals surface area contributed by atoms with Crippen LogP contribution in [0.3, 0.4) is 0 Å². The summed E-state index contributed by atoms with van der Waals surface area (Å²) in [7, 11) is 0. The van der Waals surface area contributed by atoms with Crippen molar-refractivity contribution < 1.29 is 18.4 Å². The second kappa shape index (κ2) is 4.28. The van der Waals surface area contributed by atoms with Crippen LogP contribution in [0.2, 0.25) is 0 Å². The summed E-state index contributed by atoms with van der Waals surface area (Å²) < 4.78 is 28.5. The second-order valence-corrected chi connectivity index (χ2v) is 3.71. The Morgan fingerprint density at radius 3 is 2.60 bits per heavy atom. The highest BCUT2D eigenvalue weighted by atomic mass is 79.9. The van der Waals surface area contributed by atoms with Gasteiger partial charge in [0.1, 0.15) is 5.75 Å². The lowest BCUT2D eigenvalue weighted by atomic mass is 10.3. The van der Waals surface area contributed by atoms with Crippen LogP contribution in [-0.4, -0.2) is 10.5 Å². The van der Waals surface area contributed by atoms with Crippen molar-refractivity contribution in [3.8, 4) is 5.75 Å². The Bertz CT molecular complexity index is 396. The quantitative estimate of drug-likeness (QED) is 0.487. The van der Waals surface area contributed by atoms with Gasteiger partial charge in [0, 0.05) is 11.6 Å². The van der Waals surface area contributed by atoms with E-state index < -0.39 is 10.5 Å². The van der Waals surface area contributed by atoms with Crippen LogP contribution >= 0.6 is 27.5 Å². The number of benzene rings is 1. The fraction of sp³-hybridized carbons (Fsp3) is 0.143. The summed E-state index contributed by atoms with van der Waals surface area (Å²) >= 11 is 7.40. The summed E-state index contributed by atoms with van der Waals surface area (Å²) in [6, 6.07) is 3.20. The lowest BCUT2D eigenvalue weighted by Gasteiger charge is -2.10. The zero-order valence-corrected chi connectivity index (χ0v) is 9.26. The zero-order chi connectivity index (χ0) is 11.6. The summed E-state index contributed by atoms with van der Waals surface area (Å²) in [6.45, 7) is 0. The Hall–Kier alpha value is -0.950. The molecule has 0 spiro atoms. The van der Waals surface area contributed by atoms with Crippen molar-refractivity contribution in [3.63, 3.8) is 0 Å². The number of hydrogen-bond acceptors (Lipinski definition) is 3. The minimum Gasteiger partial charge on any atom is -0.420 e. The molecular formula is C7H3BrClF2NO3. The van der Waals surface area contributed by atoms with Crippen LogP contribution in [-0.2, 0) is 0 Å². The molecule has 0 aliphatic rings. The van der Waals surface area contributed by atoms with Crippen LogP contribution in [0.4, 0.5) is 14.5 Å². The highest BCUT2D eigenvalue weighted by Crippen LogP contribution is 2.32. The summed E-state index contributed by atoms with van der Waals surface area (Å²) in [6.07, 6.45) is 0. The van der Waals surface area contributed by atoms with Gasteiger partial charge >= 0.3 is 5.57 Å². The molecule has 8 heteroatoms. The number of halogens is 4. The van der Waals surface area contributed by atoms with Crippen LogP contribution in [0.25, 0.3) is 0 Å². The Kier molecular flexibility index (Phi) is 3.46. The Labute approximate surface area is 96.1 Å². The first kappa shape index (κ1) is 12.1. The zero-order valence-electron chi connectivity index (χ0n) is 6.92. The number of rotatable bonds is 3. The van der Waals surface area contributed by atoms with Gasteiger partial charge in [0.25, 0.3) is 5.69 Å². The highest BCUT2D eigenvalue weighted by molar-refractivity contribution is 9.10. The van der Waals surface area contributed by atoms with Crippen molar-refractivity contribution in [2.45, 2.75) is 5.57 Å². The van der Waals surface area contributed by atoms with Gasteiger partial charge < -0.3 is 4.74 Å². The molecule has 0 saturated heterocycles. The smallest absolute Gasteiger partial charge is 0.420 e. The summed E-state index contributed by atoms with van der Waals surface area (Å²) in [5.41, 5.74) is -4.27. The van der Waals surface area contributed by atoms with E-state index in [9.17, 15) is 18.9 Å². The first-order valence-corrected chi connectivity index (χ1v) is 4.66. The third kappa shape index (κ3) is 3.60. The van der Waals surface area contributed by atoms with Crippen molar-refractivity contribution in [2.75, 3.05) is 0 Å². The number of alkyl halides is 3. The molecule has 1 aromatic rings. The number of nitrogens with zero attached hydrogens (tertiary/aromatic N) is 1. The van der Waals surface area contributed by atoms with Gasteiger partial charge in [-0.05, 0) is 28.1 Å². The van der Waals surface area contributed by atoms with Gasteiger partial charge in [-0.25, -0.2) is 0 Å². The molecule has 0 amide bonds. The molecule has 0 unspecified atom stereocenters. The first-order valence-electron chi connectivity index (χ1n) is 3.49. The molecule has 4 nitrogen and oxygen atoms in total. The molecule has 0 aromatic heterocycles. The maximum Gasteiger partial charge on any atom is 0.487 e. The predicted molar refractivity (Wildman–Crippen MR) is 52.2 cm³/mol. The fourth-order valence-electron chi connectivity index (χ4n) is 0.830. The van der Waals surface area contributed by atoms with E-state index in [0.717, 1.165) is 12.1 Å². The van der Waals surface area contributed by atoms with E-state index in [4.69, 9.17) is 0 Å². The third-order valence-electron chi connectivity index (χ3n) is 1.35. The van der Waals surface area contributed by atoms with E-state index in [1.54, 1.807) is 0 Å². The largest absolute Gasteiger partial charge is 0.487 e. The third-order valence-corrected chi connectivity index (χ3v) is 2.10. The van der Waals surface area contributed by atoms with E-state index in [2.05, 4.69) is 32.3 Å². The van der Waals surface area contributed by atoms with Gasteiger partial charge in [0.05, 0.1) is 15.5 Å². The fourth-order valence-corrected chi connectivity index (χ4v) is 1.31. The van der Waals surface area contributed by atoms with Crippen LogP contribution in [0, 0.1) is 10.1 Å². The molecule has 0 N–H and O–H groups in total. The van der Waals surface area contributed by atoms with Crippen LogP contribution in [0.1, 0.15) is 0 Å². The summed E-state index contributed by atoms with van der Waals surface area (Å²) in [4.78, 5) is 9.71. The van der Waals surface area contributed by atoms with Gasteiger partial charge in [-0.3, -0.25) is 10.1 Å². The van der Waals surface area contributed by atoms with Gasteiger partial charge in [0.15, 0.2) is 0 Å². The molecule has 82 valence electrons. The van der Waals surface area contributed by atoms with Gasteiger partial charge in [-0.1, -0.05) is 0 Å². The number of nitro benzene ring substituents is 1. The first-order chi connectivity index (χ1) is 6.79. The Morgan fingerprint density at radius 2 is 2.13 bits per heavy atom. The molecule has 0 bridgehead atoms. The maximum absolute atomic E-state index is 12.2. The predicted octanol–water partition coefficient (Wildman–Crippen LogP) is 3.53. The number of hydrogen-bond donors (Lipinski definition) is 0. The van der Waals surface area contributed by atoms with Crippen molar-refractivity contribution in [1.29, 1.82) is 0 Å². The van der Waals surface area contributed by atoms with Crippen LogP contribution < -0.4 is 4.74 Å². The van der Waals surface area contributed by atoms with E-state index in [-0.39, 0.29) is 15.9 Å². The molecule has 0 radical (unpaired) electrons. The van der Waals surface area contributed by atoms with Crippen LogP contribution in [0.15, 0.2) is 22.7 Å². The normalized spacial score (nSPS) is 11.2. The van der Waals surface area contributed by atoms with Gasteiger partial charge in [-0.15, -0.1) is 8.78 Å². The second-order valence-electron chi connectivity index (χ2n) is 2.42. The Morgan fingerprint density at radius 1 is 1.53 bits per heavy atom. The maximum atomic E-state index is 12.2. The van der Waals surface area contributed by atoms with Crippen molar-refractivity contribution in [1.82, 2.24) is 0 Å². The monoisotopic (exact) mass is 301 g/mol. The standard InChI is InChI=1S/C7H3BrClF2NO3/c8-5-2-1-4(15-7(9,10)11)3-6(5)12(13)14/h1-3H. The molecule has 0 saturated carbocycles. The molecule has 0 heterocycles. The molecule has 0 aliphatic carbocycles. The van der Waals surface area contributed by atoms with Crippen LogP contribution in [0.5, 0.6) is 5.75 Å². The number of nitro groups is 1. The molecule has 0 fully saturated rings. The lowest BCUT2D eigenvalue weighted by Crippen LogP contribution is -2.15. The molecule has 1 rings (SSSR count). The molecule has 0 aliphatic heterocycles. The van der Waals surface area contributed by atoms with Crippen molar-refractivity contribution >= 4 is 33.2 Å². The molecule has 0 atom stereocenters. The topological polar surface area (TPSA) is 52.4 Å². The minimum atomic E-state index is -3.89. The van der Waals surface area contributed by atoms with E-state index in [0.29, 0.717) is 0 Å². The number of ether oxygens (including phenoxy) is 1. The molecule has 1 aromatic carbocycles. The minimum absolute atomic E-state index is 0.165. The molecular weight excluding hydrogens is 299 g/mol. The Balaban J connectivity index is 3.03. The van der Waals surface area contributed by atoms with Crippen molar-refractivity contribution in [2.24, 2.45) is 0 Å². The lowest BCUT2D eigenvalue weighted by molar-refractivity contribution is -0.385. The SMILES string of the molecule is O=[N+]([O-])c1cc(OC(F)(F)Cl)ccc1Br.